The molecule has 2 N–H and O–H groups in total. The Morgan fingerprint density at radius 2 is 2.09 bits per heavy atom. The molecule has 0 spiro atoms. The molecule has 0 aliphatic carbocycles. The second-order valence-corrected chi connectivity index (χ2v) is 9.66. The van der Waals surface area contributed by atoms with Crippen molar-refractivity contribution in [1.29, 1.82) is 0 Å². The fourth-order valence-electron chi connectivity index (χ4n) is 4.65. The van der Waals surface area contributed by atoms with E-state index in [4.69, 9.17) is 23.8 Å². The Morgan fingerprint density at radius 3 is 2.85 bits per heavy atom. The second-order valence-electron chi connectivity index (χ2n) is 8.84. The summed E-state index contributed by atoms with van der Waals surface area (Å²) in [5, 5.41) is 5.61. The molecule has 174 valence electrons. The minimum Gasteiger partial charge on any atom is -0.343 e. The normalized spacial score (nSPS) is 16.3. The van der Waals surface area contributed by atoms with E-state index in [0.717, 1.165) is 48.2 Å². The minimum absolute atomic E-state index is 0.0643. The monoisotopic (exact) mass is 482 g/mol. The molecule has 4 rings (SSSR count). The van der Waals surface area contributed by atoms with Gasteiger partial charge in [-0.3, -0.25) is 9.69 Å². The number of rotatable bonds is 6. The number of aryl methyl sites for hydroxylation is 2. The number of fused-ring (bicyclic) bond motifs is 1. The maximum absolute atomic E-state index is 13.0. The van der Waals surface area contributed by atoms with Gasteiger partial charge in [0.2, 0.25) is 0 Å². The van der Waals surface area contributed by atoms with Gasteiger partial charge in [-0.15, -0.1) is 0 Å². The number of pyridine rings is 1. The molecule has 1 unspecified atom stereocenters. The van der Waals surface area contributed by atoms with Gasteiger partial charge in [0, 0.05) is 28.9 Å². The quantitative estimate of drug-likeness (QED) is 0.455. The summed E-state index contributed by atoms with van der Waals surface area (Å²) < 4.78 is 0. The maximum Gasteiger partial charge on any atom is 0.253 e. The van der Waals surface area contributed by atoms with Gasteiger partial charge < -0.3 is 15.2 Å². The highest BCUT2D eigenvalue weighted by molar-refractivity contribution is 7.80. The van der Waals surface area contributed by atoms with Crippen LogP contribution in [0.15, 0.2) is 47.3 Å². The topological polar surface area (TPSA) is 51.4 Å². The molecule has 1 saturated heterocycles. The third kappa shape index (κ3) is 5.40. The van der Waals surface area contributed by atoms with Crippen molar-refractivity contribution >= 4 is 45.5 Å². The maximum atomic E-state index is 13.0. The number of hydrogen-bond acceptors (Lipinski definition) is 3. The SMILES string of the molecule is CCN1CCCC1CN(Cc1cc2ccc(C)c(C)c2[nH]c1=O)C(=S)Nc1cccc(Cl)c1. The largest absolute Gasteiger partial charge is 0.343 e. The van der Waals surface area contributed by atoms with Crippen LogP contribution in [0.2, 0.25) is 5.02 Å². The minimum atomic E-state index is -0.0643. The van der Waals surface area contributed by atoms with Crippen LogP contribution in [-0.2, 0) is 6.54 Å². The summed E-state index contributed by atoms with van der Waals surface area (Å²) in [7, 11) is 0. The molecule has 0 radical (unpaired) electrons. The van der Waals surface area contributed by atoms with E-state index < -0.39 is 0 Å². The van der Waals surface area contributed by atoms with Gasteiger partial charge in [-0.25, -0.2) is 0 Å². The van der Waals surface area contributed by atoms with Crippen LogP contribution in [0.3, 0.4) is 0 Å². The van der Waals surface area contributed by atoms with E-state index >= 15 is 0 Å². The van der Waals surface area contributed by atoms with Crippen molar-refractivity contribution in [2.75, 3.05) is 25.0 Å². The number of nitrogens with one attached hydrogen (secondary N) is 2. The lowest BCUT2D eigenvalue weighted by Gasteiger charge is -2.32. The zero-order valence-corrected chi connectivity index (χ0v) is 21.0. The first-order chi connectivity index (χ1) is 15.9. The Labute approximate surface area is 205 Å². The molecule has 33 heavy (non-hydrogen) atoms. The number of likely N-dealkylation sites (N-methyl/N-ethyl adjacent to an activating group) is 1. The van der Waals surface area contributed by atoms with Crippen LogP contribution in [0.25, 0.3) is 10.9 Å². The number of likely N-dealkylation sites (tertiary alicyclic amines) is 1. The summed E-state index contributed by atoms with van der Waals surface area (Å²) in [6.07, 6.45) is 2.33. The zero-order chi connectivity index (χ0) is 23.5. The van der Waals surface area contributed by atoms with Gasteiger partial charge in [0.1, 0.15) is 0 Å². The van der Waals surface area contributed by atoms with Crippen molar-refractivity contribution in [1.82, 2.24) is 14.8 Å². The second kappa shape index (κ2) is 10.2. The van der Waals surface area contributed by atoms with Crippen molar-refractivity contribution in [2.24, 2.45) is 0 Å². The highest BCUT2D eigenvalue weighted by Gasteiger charge is 2.26. The Balaban J connectivity index is 1.64. The number of anilines is 1. The van der Waals surface area contributed by atoms with Crippen LogP contribution in [0.5, 0.6) is 0 Å². The van der Waals surface area contributed by atoms with Crippen molar-refractivity contribution < 1.29 is 0 Å². The lowest BCUT2D eigenvalue weighted by Crippen LogP contribution is -2.44. The first-order valence-corrected chi connectivity index (χ1v) is 12.3. The standard InChI is InChI=1S/C26H31ClN4OS/c1-4-30-12-6-9-23(30)16-31(26(33)28-22-8-5-7-21(27)14-22)15-20-13-19-11-10-17(2)18(3)24(19)29-25(20)32/h5,7-8,10-11,13-14,23H,4,6,9,12,15-16H2,1-3H3,(H,28,33)(H,29,32). The summed E-state index contributed by atoms with van der Waals surface area (Å²) in [4.78, 5) is 20.8. The summed E-state index contributed by atoms with van der Waals surface area (Å²) in [5.74, 6) is 0. The van der Waals surface area contributed by atoms with E-state index in [1.165, 1.54) is 12.0 Å². The van der Waals surface area contributed by atoms with E-state index in [2.05, 4.69) is 46.1 Å². The molecule has 0 amide bonds. The van der Waals surface area contributed by atoms with Gasteiger partial charge in [0.05, 0.1) is 12.1 Å². The van der Waals surface area contributed by atoms with Crippen LogP contribution in [0.1, 0.15) is 36.5 Å². The molecule has 1 aliphatic rings. The van der Waals surface area contributed by atoms with Crippen molar-refractivity contribution in [3.8, 4) is 0 Å². The molecular weight excluding hydrogens is 452 g/mol. The molecule has 2 heterocycles. The highest BCUT2D eigenvalue weighted by Crippen LogP contribution is 2.22. The average molecular weight is 483 g/mol. The Hall–Kier alpha value is -2.41. The third-order valence-corrected chi connectivity index (χ3v) is 7.28. The lowest BCUT2D eigenvalue weighted by molar-refractivity contribution is 0.221. The zero-order valence-electron chi connectivity index (χ0n) is 19.5. The molecule has 0 saturated carbocycles. The molecule has 7 heteroatoms. The van der Waals surface area contributed by atoms with Gasteiger partial charge in [0.15, 0.2) is 5.11 Å². The fourth-order valence-corrected chi connectivity index (χ4v) is 5.10. The summed E-state index contributed by atoms with van der Waals surface area (Å²) in [6.45, 7) is 9.64. The van der Waals surface area contributed by atoms with E-state index in [1.807, 2.05) is 37.3 Å². The number of halogens is 1. The van der Waals surface area contributed by atoms with E-state index in [-0.39, 0.29) is 5.56 Å². The number of nitrogens with zero attached hydrogens (tertiary/aromatic N) is 2. The van der Waals surface area contributed by atoms with Gasteiger partial charge in [0.25, 0.3) is 5.56 Å². The number of hydrogen-bond donors (Lipinski definition) is 2. The first-order valence-electron chi connectivity index (χ1n) is 11.5. The Kier molecular flexibility index (Phi) is 7.37. The first kappa shape index (κ1) is 23.7. The third-order valence-electron chi connectivity index (χ3n) is 6.69. The number of aromatic nitrogens is 1. The number of aromatic amines is 1. The van der Waals surface area contributed by atoms with Gasteiger partial charge >= 0.3 is 0 Å². The Bertz CT molecular complexity index is 1220. The van der Waals surface area contributed by atoms with E-state index in [0.29, 0.717) is 28.3 Å². The van der Waals surface area contributed by atoms with E-state index in [9.17, 15) is 4.79 Å². The van der Waals surface area contributed by atoms with Gasteiger partial charge in [-0.1, -0.05) is 36.7 Å². The Morgan fingerprint density at radius 1 is 1.27 bits per heavy atom. The molecule has 5 nitrogen and oxygen atoms in total. The molecular formula is C26H31ClN4OS. The molecule has 1 aromatic heterocycles. The van der Waals surface area contributed by atoms with Crippen molar-refractivity contribution in [3.63, 3.8) is 0 Å². The molecule has 1 aliphatic heterocycles. The van der Waals surface area contributed by atoms with Crippen LogP contribution in [0.4, 0.5) is 5.69 Å². The van der Waals surface area contributed by atoms with E-state index in [1.54, 1.807) is 0 Å². The molecule has 1 fully saturated rings. The summed E-state index contributed by atoms with van der Waals surface area (Å²) in [6, 6.07) is 14.1. The summed E-state index contributed by atoms with van der Waals surface area (Å²) in [5.41, 5.74) is 4.67. The lowest BCUT2D eigenvalue weighted by atomic mass is 10.0. The average Bonchev–Trinajstić information content (AvgIpc) is 3.24. The number of H-pyrrole nitrogens is 1. The van der Waals surface area contributed by atoms with Crippen molar-refractivity contribution in [2.45, 2.75) is 46.2 Å². The molecule has 1 atom stereocenters. The predicted molar refractivity (Wildman–Crippen MR) is 142 cm³/mol. The van der Waals surface area contributed by atoms with Gasteiger partial charge in [-0.05, 0) is 92.8 Å². The fraction of sp³-hybridized carbons (Fsp3) is 0.385. The van der Waals surface area contributed by atoms with Gasteiger partial charge in [-0.2, -0.15) is 0 Å². The van der Waals surface area contributed by atoms with Crippen LogP contribution >= 0.6 is 23.8 Å². The van der Waals surface area contributed by atoms with Crippen molar-refractivity contribution in [3.05, 3.63) is 74.5 Å². The smallest absolute Gasteiger partial charge is 0.253 e. The molecule has 3 aromatic rings. The number of thiocarbonyl (C=S) groups is 1. The predicted octanol–water partition coefficient (Wildman–Crippen LogP) is 5.48. The van der Waals surface area contributed by atoms with Crippen LogP contribution < -0.4 is 10.9 Å². The molecule has 2 aromatic carbocycles. The summed E-state index contributed by atoms with van der Waals surface area (Å²) >= 11 is 12.0. The highest BCUT2D eigenvalue weighted by atomic mass is 35.5. The van der Waals surface area contributed by atoms with Crippen LogP contribution in [-0.4, -0.2) is 45.6 Å². The number of benzene rings is 2. The molecule has 0 bridgehead atoms. The van der Waals surface area contributed by atoms with Crippen LogP contribution in [0, 0.1) is 13.8 Å².